The molecule has 2 heterocycles. The number of carbonyl (C=O) groups is 1. The largest absolute Gasteiger partial charge is 0.454 e. The lowest BCUT2D eigenvalue weighted by molar-refractivity contribution is -0.384. The number of hydrazone groups is 1. The summed E-state index contributed by atoms with van der Waals surface area (Å²) in [6.45, 7) is 0.181. The van der Waals surface area contributed by atoms with Gasteiger partial charge in [0.1, 0.15) is 0 Å². The fraction of sp³-hybridized carbons (Fsp3) is 0.0833. The molecule has 36 heavy (non-hydrogen) atoms. The van der Waals surface area contributed by atoms with E-state index in [0.717, 1.165) is 11.3 Å². The molecule has 0 fully saturated rings. The van der Waals surface area contributed by atoms with Crippen LogP contribution in [0.5, 0.6) is 11.5 Å². The van der Waals surface area contributed by atoms with Gasteiger partial charge in [0.2, 0.25) is 6.79 Å². The predicted molar refractivity (Wildman–Crippen MR) is 132 cm³/mol. The van der Waals surface area contributed by atoms with Gasteiger partial charge in [0.15, 0.2) is 22.5 Å². The number of rotatable bonds is 8. The topological polar surface area (TPSA) is 134 Å². The molecule has 3 aromatic carbocycles. The minimum absolute atomic E-state index is 0.0262. The maximum Gasteiger partial charge on any atom is 0.270 e. The van der Waals surface area contributed by atoms with E-state index in [2.05, 4.69) is 20.7 Å². The number of nitrogens with zero attached hydrogens (tertiary/aromatic N) is 5. The zero-order valence-corrected chi connectivity index (χ0v) is 19.4. The molecule has 0 aliphatic carbocycles. The Bertz CT molecular complexity index is 1460. The van der Waals surface area contributed by atoms with Crippen LogP contribution in [-0.2, 0) is 4.79 Å². The minimum atomic E-state index is -0.461. The number of amides is 1. The van der Waals surface area contributed by atoms with E-state index in [9.17, 15) is 14.9 Å². The summed E-state index contributed by atoms with van der Waals surface area (Å²) in [6, 6.07) is 20.8. The second-order valence-electron chi connectivity index (χ2n) is 7.48. The van der Waals surface area contributed by atoms with Crippen LogP contribution in [0.2, 0.25) is 0 Å². The van der Waals surface area contributed by atoms with Crippen molar-refractivity contribution in [2.45, 2.75) is 5.16 Å². The third-order valence-corrected chi connectivity index (χ3v) is 6.02. The minimum Gasteiger partial charge on any atom is -0.454 e. The van der Waals surface area contributed by atoms with E-state index in [-0.39, 0.29) is 24.1 Å². The monoisotopic (exact) mass is 502 g/mol. The first-order valence-corrected chi connectivity index (χ1v) is 11.7. The highest BCUT2D eigenvalue weighted by Crippen LogP contribution is 2.32. The normalized spacial score (nSPS) is 12.1. The molecular formula is C24H18N6O5S. The molecule has 0 saturated carbocycles. The second-order valence-corrected chi connectivity index (χ2v) is 8.42. The molecule has 0 bridgehead atoms. The van der Waals surface area contributed by atoms with Gasteiger partial charge >= 0.3 is 0 Å². The van der Waals surface area contributed by atoms with Crippen LogP contribution in [0.25, 0.3) is 17.1 Å². The third-order valence-electron chi connectivity index (χ3n) is 5.09. The summed E-state index contributed by atoms with van der Waals surface area (Å²) in [5.41, 5.74) is 4.48. The van der Waals surface area contributed by atoms with Crippen molar-refractivity contribution in [3.05, 3.63) is 88.5 Å². The first-order valence-electron chi connectivity index (χ1n) is 10.7. The third kappa shape index (κ3) is 5.03. The molecule has 0 radical (unpaired) electrons. The Kier molecular flexibility index (Phi) is 6.58. The number of ether oxygens (including phenoxy) is 2. The summed E-state index contributed by atoms with van der Waals surface area (Å²) < 4.78 is 12.4. The van der Waals surface area contributed by atoms with Crippen LogP contribution in [0.4, 0.5) is 5.69 Å². The Morgan fingerprint density at radius 3 is 2.75 bits per heavy atom. The van der Waals surface area contributed by atoms with Crippen LogP contribution >= 0.6 is 11.8 Å². The van der Waals surface area contributed by atoms with E-state index >= 15 is 0 Å². The standard InChI is InChI=1S/C24H18N6O5S/c31-22(26-25-13-16-9-10-20-21(11-16)35-15-34-20)14-36-24-28-27-23(29(24)18-6-2-1-3-7-18)17-5-4-8-19(12-17)30(32)33/h1-13H,14-15H2,(H,26,31). The summed E-state index contributed by atoms with van der Waals surface area (Å²) in [4.78, 5) is 23.2. The van der Waals surface area contributed by atoms with Crippen molar-refractivity contribution < 1.29 is 19.2 Å². The van der Waals surface area contributed by atoms with E-state index in [1.807, 2.05) is 30.3 Å². The maximum atomic E-state index is 12.4. The molecule has 1 aliphatic rings. The molecule has 5 rings (SSSR count). The Morgan fingerprint density at radius 1 is 1.08 bits per heavy atom. The Labute approximate surface area is 208 Å². The van der Waals surface area contributed by atoms with Crippen LogP contribution in [0.1, 0.15) is 5.56 Å². The number of nitrogens with one attached hydrogen (secondary N) is 1. The second kappa shape index (κ2) is 10.3. The van der Waals surface area contributed by atoms with Gasteiger partial charge in [-0.3, -0.25) is 19.5 Å². The van der Waals surface area contributed by atoms with Crippen LogP contribution in [-0.4, -0.2) is 44.4 Å². The highest BCUT2D eigenvalue weighted by Gasteiger charge is 2.19. The van der Waals surface area contributed by atoms with E-state index in [1.54, 1.807) is 34.9 Å². The van der Waals surface area contributed by atoms with Gasteiger partial charge in [-0.2, -0.15) is 5.10 Å². The number of thioether (sulfide) groups is 1. The summed E-state index contributed by atoms with van der Waals surface area (Å²) in [7, 11) is 0. The highest BCUT2D eigenvalue weighted by atomic mass is 32.2. The van der Waals surface area contributed by atoms with Gasteiger partial charge in [-0.15, -0.1) is 10.2 Å². The van der Waals surface area contributed by atoms with Gasteiger partial charge in [-0.1, -0.05) is 42.1 Å². The molecule has 0 unspecified atom stereocenters. The summed E-state index contributed by atoms with van der Waals surface area (Å²) in [5, 5.41) is 24.2. The fourth-order valence-corrected chi connectivity index (χ4v) is 4.20. The lowest BCUT2D eigenvalue weighted by Crippen LogP contribution is -2.20. The number of nitro benzene ring substituents is 1. The average Bonchev–Trinajstić information content (AvgIpc) is 3.55. The van der Waals surface area contributed by atoms with E-state index in [0.29, 0.717) is 28.0 Å². The molecule has 0 spiro atoms. The van der Waals surface area contributed by atoms with Crippen molar-refractivity contribution >= 4 is 29.6 Å². The Balaban J connectivity index is 1.31. The van der Waals surface area contributed by atoms with Gasteiger partial charge in [-0.05, 0) is 35.9 Å². The summed E-state index contributed by atoms with van der Waals surface area (Å²) in [6.07, 6.45) is 1.51. The summed E-state index contributed by atoms with van der Waals surface area (Å²) in [5.74, 6) is 1.41. The molecular weight excluding hydrogens is 484 g/mol. The van der Waals surface area contributed by atoms with Crippen LogP contribution in [0.3, 0.4) is 0 Å². The number of nitro groups is 1. The highest BCUT2D eigenvalue weighted by molar-refractivity contribution is 7.99. The van der Waals surface area contributed by atoms with E-state index in [1.165, 1.54) is 30.1 Å². The zero-order valence-electron chi connectivity index (χ0n) is 18.6. The molecule has 1 aromatic heterocycles. The number of carbonyl (C=O) groups excluding carboxylic acids is 1. The van der Waals surface area contributed by atoms with Gasteiger partial charge in [0, 0.05) is 23.4 Å². The number of hydrogen-bond donors (Lipinski definition) is 1. The van der Waals surface area contributed by atoms with Crippen LogP contribution in [0.15, 0.2) is 83.1 Å². The Hall–Kier alpha value is -4.71. The quantitative estimate of drug-likeness (QED) is 0.166. The molecule has 0 atom stereocenters. The van der Waals surface area contributed by atoms with E-state index < -0.39 is 4.92 Å². The van der Waals surface area contributed by atoms with Crippen molar-refractivity contribution in [1.29, 1.82) is 0 Å². The van der Waals surface area contributed by atoms with Gasteiger partial charge in [0.25, 0.3) is 11.6 Å². The number of aromatic nitrogens is 3. The summed E-state index contributed by atoms with van der Waals surface area (Å²) >= 11 is 1.17. The predicted octanol–water partition coefficient (Wildman–Crippen LogP) is 3.81. The number of non-ortho nitro benzene ring substituents is 1. The number of hydrogen-bond acceptors (Lipinski definition) is 9. The molecule has 0 saturated heterocycles. The van der Waals surface area contributed by atoms with E-state index in [4.69, 9.17) is 9.47 Å². The van der Waals surface area contributed by atoms with Gasteiger partial charge in [-0.25, -0.2) is 5.43 Å². The molecule has 1 N–H and O–H groups in total. The first-order chi connectivity index (χ1) is 17.6. The maximum absolute atomic E-state index is 12.4. The van der Waals surface area contributed by atoms with Crippen molar-refractivity contribution in [1.82, 2.24) is 20.2 Å². The van der Waals surface area contributed by atoms with Crippen LogP contribution in [0, 0.1) is 10.1 Å². The average molecular weight is 503 g/mol. The smallest absolute Gasteiger partial charge is 0.270 e. The SMILES string of the molecule is O=C(CSc1nnc(-c2cccc([N+](=O)[O-])c2)n1-c1ccccc1)NN=Cc1ccc2c(c1)OCO2. The first kappa shape index (κ1) is 23.1. The number of para-hydroxylation sites is 1. The van der Waals surface area contributed by atoms with Gasteiger partial charge < -0.3 is 9.47 Å². The zero-order chi connectivity index (χ0) is 24.9. The molecule has 11 nitrogen and oxygen atoms in total. The van der Waals surface area contributed by atoms with Crippen molar-refractivity contribution in [2.75, 3.05) is 12.5 Å². The van der Waals surface area contributed by atoms with Crippen molar-refractivity contribution in [2.24, 2.45) is 5.10 Å². The molecule has 1 aliphatic heterocycles. The van der Waals surface area contributed by atoms with Crippen LogP contribution < -0.4 is 14.9 Å². The Morgan fingerprint density at radius 2 is 1.92 bits per heavy atom. The lowest BCUT2D eigenvalue weighted by atomic mass is 10.2. The van der Waals surface area contributed by atoms with Gasteiger partial charge in [0.05, 0.1) is 16.9 Å². The lowest BCUT2D eigenvalue weighted by Gasteiger charge is -2.10. The molecule has 1 amide bonds. The molecule has 4 aromatic rings. The number of fused-ring (bicyclic) bond motifs is 1. The fourth-order valence-electron chi connectivity index (χ4n) is 3.45. The molecule has 180 valence electrons. The van der Waals surface area contributed by atoms with Crippen molar-refractivity contribution in [3.8, 4) is 28.6 Å². The molecule has 12 heteroatoms. The van der Waals surface area contributed by atoms with Crippen molar-refractivity contribution in [3.63, 3.8) is 0 Å². The number of benzene rings is 3.